The summed E-state index contributed by atoms with van der Waals surface area (Å²) in [6.07, 6.45) is 9.88. The molecular weight excluding hydrogens is 264 g/mol. The monoisotopic (exact) mass is 284 g/mol. The van der Waals surface area contributed by atoms with Crippen LogP contribution in [0, 0.1) is 11.8 Å². The van der Waals surface area contributed by atoms with E-state index in [1.165, 1.54) is 31.2 Å². The summed E-state index contributed by atoms with van der Waals surface area (Å²) in [6.45, 7) is 0.640. The molecule has 2 saturated carbocycles. The molecule has 0 bridgehead atoms. The van der Waals surface area contributed by atoms with Gasteiger partial charge in [0, 0.05) is 24.9 Å². The Morgan fingerprint density at radius 3 is 2.71 bits per heavy atom. The summed E-state index contributed by atoms with van der Waals surface area (Å²) < 4.78 is 5.34. The van der Waals surface area contributed by atoms with Gasteiger partial charge in [0.1, 0.15) is 0 Å². The van der Waals surface area contributed by atoms with E-state index in [9.17, 15) is 0 Å². The molecule has 1 N–H and O–H groups in total. The minimum Gasteiger partial charge on any atom is -0.338 e. The van der Waals surface area contributed by atoms with Gasteiger partial charge in [-0.15, -0.1) is 0 Å². The minimum atomic E-state index is 0.367. The van der Waals surface area contributed by atoms with Crippen molar-refractivity contribution in [1.29, 1.82) is 0 Å². The van der Waals surface area contributed by atoms with Gasteiger partial charge in [-0.1, -0.05) is 5.16 Å². The van der Waals surface area contributed by atoms with Crippen molar-refractivity contribution in [1.82, 2.24) is 20.4 Å². The van der Waals surface area contributed by atoms with Gasteiger partial charge in [0.05, 0.1) is 6.54 Å². The lowest BCUT2D eigenvalue weighted by Gasteiger charge is -2.17. The Morgan fingerprint density at radius 2 is 2.00 bits per heavy atom. The van der Waals surface area contributed by atoms with Crippen LogP contribution in [0.3, 0.4) is 0 Å². The molecule has 2 heterocycles. The molecule has 0 unspecified atom stereocenters. The molecule has 2 aliphatic rings. The van der Waals surface area contributed by atoms with Gasteiger partial charge in [0.2, 0.25) is 5.89 Å². The van der Waals surface area contributed by atoms with Gasteiger partial charge in [-0.3, -0.25) is 4.98 Å². The van der Waals surface area contributed by atoms with Crippen LogP contribution in [-0.4, -0.2) is 15.1 Å². The third-order valence-electron chi connectivity index (χ3n) is 4.31. The van der Waals surface area contributed by atoms with E-state index in [0.29, 0.717) is 18.5 Å². The molecule has 0 amide bonds. The molecule has 21 heavy (non-hydrogen) atoms. The van der Waals surface area contributed by atoms with Gasteiger partial charge in [0.15, 0.2) is 5.82 Å². The number of aromatic nitrogens is 3. The van der Waals surface area contributed by atoms with Crippen LogP contribution in [0.15, 0.2) is 29.0 Å². The van der Waals surface area contributed by atoms with E-state index < -0.39 is 0 Å². The van der Waals surface area contributed by atoms with Crippen molar-refractivity contribution in [2.24, 2.45) is 11.8 Å². The second-order valence-electron chi connectivity index (χ2n) is 6.23. The Morgan fingerprint density at radius 1 is 1.19 bits per heavy atom. The minimum absolute atomic E-state index is 0.367. The maximum absolute atomic E-state index is 5.34. The molecule has 0 spiro atoms. The highest BCUT2D eigenvalue weighted by Gasteiger charge is 2.32. The second kappa shape index (κ2) is 5.56. The lowest BCUT2D eigenvalue weighted by Crippen LogP contribution is -2.22. The van der Waals surface area contributed by atoms with Crippen LogP contribution in [0.5, 0.6) is 0 Å². The highest BCUT2D eigenvalue weighted by Crippen LogP contribution is 2.41. The van der Waals surface area contributed by atoms with Gasteiger partial charge < -0.3 is 9.84 Å². The highest BCUT2D eigenvalue weighted by molar-refractivity contribution is 5.17. The van der Waals surface area contributed by atoms with Crippen LogP contribution in [0.2, 0.25) is 0 Å². The van der Waals surface area contributed by atoms with E-state index >= 15 is 0 Å². The predicted molar refractivity (Wildman–Crippen MR) is 77.3 cm³/mol. The smallest absolute Gasteiger partial charge is 0.240 e. The molecule has 2 aromatic heterocycles. The summed E-state index contributed by atoms with van der Waals surface area (Å²) in [4.78, 5) is 8.58. The molecule has 2 aromatic rings. The molecule has 110 valence electrons. The second-order valence-corrected chi connectivity index (χ2v) is 6.23. The lowest BCUT2D eigenvalue weighted by molar-refractivity contribution is 0.347. The van der Waals surface area contributed by atoms with Crippen molar-refractivity contribution in [3.05, 3.63) is 41.8 Å². The van der Waals surface area contributed by atoms with Crippen LogP contribution in [0.1, 0.15) is 49.0 Å². The van der Waals surface area contributed by atoms with Gasteiger partial charge in [0.25, 0.3) is 0 Å². The van der Waals surface area contributed by atoms with Crippen LogP contribution in [0.4, 0.5) is 0 Å². The first-order valence-electron chi connectivity index (χ1n) is 7.83. The molecule has 0 radical (unpaired) electrons. The van der Waals surface area contributed by atoms with Crippen LogP contribution in [0.25, 0.3) is 0 Å². The van der Waals surface area contributed by atoms with E-state index in [-0.39, 0.29) is 0 Å². The van der Waals surface area contributed by atoms with Gasteiger partial charge in [-0.25, -0.2) is 0 Å². The van der Waals surface area contributed by atoms with E-state index in [4.69, 9.17) is 4.52 Å². The maximum atomic E-state index is 5.34. The topological polar surface area (TPSA) is 63.8 Å². The average molecular weight is 284 g/mol. The van der Waals surface area contributed by atoms with Crippen molar-refractivity contribution in [2.45, 2.75) is 44.7 Å². The number of hydrogen-bond donors (Lipinski definition) is 1. The summed E-state index contributed by atoms with van der Waals surface area (Å²) in [6, 6.07) is 4.54. The largest absolute Gasteiger partial charge is 0.338 e. The van der Waals surface area contributed by atoms with Crippen LogP contribution < -0.4 is 5.32 Å². The Kier molecular flexibility index (Phi) is 3.43. The van der Waals surface area contributed by atoms with E-state index in [1.807, 2.05) is 12.4 Å². The number of pyridine rings is 1. The van der Waals surface area contributed by atoms with Gasteiger partial charge in [-0.2, -0.15) is 4.98 Å². The molecule has 0 aliphatic heterocycles. The van der Waals surface area contributed by atoms with Crippen molar-refractivity contribution in [3.8, 4) is 0 Å². The standard InChI is InChI=1S/C16H20N4O/c1-2-11(1)9-14-19-15(21-20-14)10-18-16(12-3-4-12)13-5-7-17-8-6-13/h5-8,11-12,16,18H,1-4,9-10H2/t16-/m0/s1. The van der Waals surface area contributed by atoms with Crippen LogP contribution in [-0.2, 0) is 13.0 Å². The normalized spacial score (nSPS) is 19.6. The highest BCUT2D eigenvalue weighted by atomic mass is 16.5. The molecule has 2 aliphatic carbocycles. The Labute approximate surface area is 124 Å². The van der Waals surface area contributed by atoms with Gasteiger partial charge >= 0.3 is 0 Å². The quantitative estimate of drug-likeness (QED) is 0.847. The summed E-state index contributed by atoms with van der Waals surface area (Å²) in [5.41, 5.74) is 1.30. The fourth-order valence-corrected chi connectivity index (χ4v) is 2.78. The summed E-state index contributed by atoms with van der Waals surface area (Å²) in [7, 11) is 0. The molecule has 2 fully saturated rings. The maximum Gasteiger partial charge on any atom is 0.240 e. The molecule has 4 rings (SSSR count). The first-order valence-corrected chi connectivity index (χ1v) is 7.83. The fourth-order valence-electron chi connectivity index (χ4n) is 2.78. The molecule has 0 saturated heterocycles. The Hall–Kier alpha value is -1.75. The number of rotatable bonds is 7. The summed E-state index contributed by atoms with van der Waals surface area (Å²) >= 11 is 0. The van der Waals surface area contributed by atoms with Crippen molar-refractivity contribution >= 4 is 0 Å². The van der Waals surface area contributed by atoms with E-state index in [1.54, 1.807) is 0 Å². The fraction of sp³-hybridized carbons (Fsp3) is 0.562. The Bertz CT molecular complexity index is 589. The van der Waals surface area contributed by atoms with Crippen molar-refractivity contribution < 1.29 is 4.52 Å². The summed E-state index contributed by atoms with van der Waals surface area (Å²) in [5, 5.41) is 7.64. The number of hydrogen-bond acceptors (Lipinski definition) is 5. The SMILES string of the molecule is c1cc([C@@H](NCc2nc(CC3CC3)no2)C2CC2)ccn1. The van der Waals surface area contributed by atoms with Gasteiger partial charge in [-0.05, 0) is 55.2 Å². The third kappa shape index (κ3) is 3.29. The van der Waals surface area contributed by atoms with E-state index in [0.717, 1.165) is 24.1 Å². The first kappa shape index (κ1) is 13.0. The number of nitrogens with one attached hydrogen (secondary N) is 1. The van der Waals surface area contributed by atoms with E-state index in [2.05, 4.69) is 32.6 Å². The molecular formula is C16H20N4O. The first-order chi connectivity index (χ1) is 10.4. The lowest BCUT2D eigenvalue weighted by atomic mass is 10.0. The molecule has 5 heteroatoms. The zero-order valence-corrected chi connectivity index (χ0v) is 12.0. The zero-order valence-electron chi connectivity index (χ0n) is 12.0. The zero-order chi connectivity index (χ0) is 14.1. The van der Waals surface area contributed by atoms with Crippen molar-refractivity contribution in [2.75, 3.05) is 0 Å². The predicted octanol–water partition coefficient (Wildman–Crippen LogP) is 2.66. The third-order valence-corrected chi connectivity index (χ3v) is 4.31. The molecule has 1 atom stereocenters. The molecule has 0 aromatic carbocycles. The Balaban J connectivity index is 1.38. The molecule has 5 nitrogen and oxygen atoms in total. The average Bonchev–Trinajstić information content (AvgIpc) is 3.42. The van der Waals surface area contributed by atoms with Crippen LogP contribution >= 0.6 is 0 Å². The number of nitrogens with zero attached hydrogens (tertiary/aromatic N) is 3. The van der Waals surface area contributed by atoms with Crippen molar-refractivity contribution in [3.63, 3.8) is 0 Å². The summed E-state index contributed by atoms with van der Waals surface area (Å²) in [5.74, 6) is 3.08.